The first-order valence-electron chi connectivity index (χ1n) is 8.50. The molecule has 0 spiro atoms. The number of aromatic nitrogens is 2. The van der Waals surface area contributed by atoms with E-state index in [-0.39, 0.29) is 0 Å². The molecule has 27 heavy (non-hydrogen) atoms. The molecule has 3 rings (SSSR count). The Morgan fingerprint density at radius 1 is 1.04 bits per heavy atom. The number of nitrogens with one attached hydrogen (secondary N) is 1. The van der Waals surface area contributed by atoms with Gasteiger partial charge in [0, 0.05) is 30.6 Å². The van der Waals surface area contributed by atoms with Crippen molar-refractivity contribution in [3.8, 4) is 11.5 Å². The molecule has 0 unspecified atom stereocenters. The van der Waals surface area contributed by atoms with Gasteiger partial charge in [-0.2, -0.15) is 4.98 Å². The molecule has 0 aliphatic rings. The van der Waals surface area contributed by atoms with Crippen LogP contribution in [0.4, 0.5) is 23.1 Å². The maximum atomic E-state index is 6.17. The van der Waals surface area contributed by atoms with Gasteiger partial charge in [0.1, 0.15) is 17.3 Å². The van der Waals surface area contributed by atoms with Crippen LogP contribution in [0.5, 0.6) is 11.5 Å². The number of benzene rings is 2. The molecule has 0 bridgehead atoms. The Morgan fingerprint density at radius 3 is 2.44 bits per heavy atom. The van der Waals surface area contributed by atoms with Crippen LogP contribution >= 0.6 is 11.6 Å². The van der Waals surface area contributed by atoms with Crippen LogP contribution in [0.3, 0.4) is 0 Å². The topological polar surface area (TPSA) is 59.5 Å². The summed E-state index contributed by atoms with van der Waals surface area (Å²) in [6.07, 6.45) is 1.72. The molecule has 1 heterocycles. The number of hydrogen-bond acceptors (Lipinski definition) is 6. The first kappa shape index (κ1) is 18.8. The number of nitrogens with zero attached hydrogens (tertiary/aromatic N) is 3. The second kappa shape index (κ2) is 8.60. The lowest BCUT2D eigenvalue weighted by Crippen LogP contribution is -2.17. The number of anilines is 4. The van der Waals surface area contributed by atoms with Crippen LogP contribution in [0.1, 0.15) is 6.92 Å². The highest BCUT2D eigenvalue weighted by molar-refractivity contribution is 6.32. The van der Waals surface area contributed by atoms with Crippen LogP contribution < -0.4 is 19.7 Å². The molecule has 2 aromatic carbocycles. The van der Waals surface area contributed by atoms with Crippen molar-refractivity contribution < 1.29 is 9.47 Å². The van der Waals surface area contributed by atoms with Crippen molar-refractivity contribution in [2.75, 3.05) is 31.0 Å². The van der Waals surface area contributed by atoms with Gasteiger partial charge >= 0.3 is 0 Å². The molecular weight excluding hydrogens is 364 g/mol. The lowest BCUT2D eigenvalue weighted by molar-refractivity contribution is 0.405. The van der Waals surface area contributed by atoms with Gasteiger partial charge in [-0.1, -0.05) is 29.8 Å². The van der Waals surface area contributed by atoms with Gasteiger partial charge in [0.15, 0.2) is 0 Å². The predicted molar refractivity (Wildman–Crippen MR) is 109 cm³/mol. The second-order valence-electron chi connectivity index (χ2n) is 5.63. The minimum absolute atomic E-state index is 0.449. The highest BCUT2D eigenvalue weighted by Gasteiger charge is 2.13. The van der Waals surface area contributed by atoms with Crippen molar-refractivity contribution in [2.45, 2.75) is 6.92 Å². The number of halogens is 1. The van der Waals surface area contributed by atoms with Gasteiger partial charge in [-0.3, -0.25) is 0 Å². The summed E-state index contributed by atoms with van der Waals surface area (Å²) in [5, 5.41) is 3.65. The van der Waals surface area contributed by atoms with Crippen molar-refractivity contribution >= 4 is 34.7 Å². The van der Waals surface area contributed by atoms with Crippen LogP contribution in [0.2, 0.25) is 5.02 Å². The van der Waals surface area contributed by atoms with E-state index in [0.29, 0.717) is 28.2 Å². The molecule has 0 saturated carbocycles. The summed E-state index contributed by atoms with van der Waals surface area (Å²) in [4.78, 5) is 11.1. The van der Waals surface area contributed by atoms with Crippen LogP contribution in [0.15, 0.2) is 54.7 Å². The molecule has 0 saturated heterocycles. The third-order valence-corrected chi connectivity index (χ3v) is 4.32. The molecule has 0 atom stereocenters. The van der Waals surface area contributed by atoms with Crippen LogP contribution in [0.25, 0.3) is 0 Å². The van der Waals surface area contributed by atoms with Gasteiger partial charge in [0.25, 0.3) is 0 Å². The zero-order chi connectivity index (χ0) is 19.2. The van der Waals surface area contributed by atoms with E-state index in [1.165, 1.54) is 0 Å². The zero-order valence-corrected chi connectivity index (χ0v) is 16.2. The fourth-order valence-corrected chi connectivity index (χ4v) is 2.95. The van der Waals surface area contributed by atoms with E-state index in [2.05, 4.69) is 27.1 Å². The number of rotatable bonds is 7. The van der Waals surface area contributed by atoms with Gasteiger partial charge in [-0.05, 0) is 25.1 Å². The van der Waals surface area contributed by atoms with E-state index < -0.39 is 0 Å². The Bertz CT molecular complexity index is 906. The van der Waals surface area contributed by atoms with E-state index in [4.69, 9.17) is 21.1 Å². The van der Waals surface area contributed by atoms with Crippen molar-refractivity contribution in [1.29, 1.82) is 0 Å². The summed E-state index contributed by atoms with van der Waals surface area (Å²) >= 11 is 6.17. The molecule has 0 radical (unpaired) electrons. The summed E-state index contributed by atoms with van der Waals surface area (Å²) in [5.74, 6) is 2.35. The van der Waals surface area contributed by atoms with Crippen LogP contribution in [-0.2, 0) is 0 Å². The minimum Gasteiger partial charge on any atom is -0.495 e. The van der Waals surface area contributed by atoms with Crippen molar-refractivity contribution in [3.63, 3.8) is 0 Å². The lowest BCUT2D eigenvalue weighted by atomic mass is 10.2. The largest absolute Gasteiger partial charge is 0.495 e. The van der Waals surface area contributed by atoms with E-state index in [1.807, 2.05) is 36.4 Å². The predicted octanol–water partition coefficient (Wildman–Crippen LogP) is 5.05. The van der Waals surface area contributed by atoms with Gasteiger partial charge in [0.2, 0.25) is 5.95 Å². The highest BCUT2D eigenvalue weighted by atomic mass is 35.5. The monoisotopic (exact) mass is 384 g/mol. The average molecular weight is 385 g/mol. The number of hydrogen-bond donors (Lipinski definition) is 1. The summed E-state index contributed by atoms with van der Waals surface area (Å²) < 4.78 is 10.7. The van der Waals surface area contributed by atoms with Crippen LogP contribution in [0, 0.1) is 0 Å². The fourth-order valence-electron chi connectivity index (χ4n) is 2.72. The first-order chi connectivity index (χ1) is 13.2. The summed E-state index contributed by atoms with van der Waals surface area (Å²) in [7, 11) is 3.14. The molecule has 7 heteroatoms. The Kier molecular flexibility index (Phi) is 5.98. The normalized spacial score (nSPS) is 10.4. The molecule has 0 fully saturated rings. The van der Waals surface area contributed by atoms with Crippen molar-refractivity contribution in [1.82, 2.24) is 9.97 Å². The summed E-state index contributed by atoms with van der Waals surface area (Å²) in [6.45, 7) is 2.86. The Labute approximate surface area is 163 Å². The number of methoxy groups -OCH3 is 2. The molecule has 1 N–H and O–H groups in total. The first-order valence-corrected chi connectivity index (χ1v) is 8.88. The Hall–Kier alpha value is -2.99. The van der Waals surface area contributed by atoms with Gasteiger partial charge in [0.05, 0.1) is 24.9 Å². The Morgan fingerprint density at radius 2 is 1.78 bits per heavy atom. The van der Waals surface area contributed by atoms with Gasteiger partial charge < -0.3 is 19.7 Å². The molecule has 140 valence electrons. The van der Waals surface area contributed by atoms with E-state index in [1.54, 1.807) is 32.5 Å². The van der Waals surface area contributed by atoms with Crippen molar-refractivity contribution in [2.24, 2.45) is 0 Å². The minimum atomic E-state index is 0.449. The second-order valence-corrected chi connectivity index (χ2v) is 6.04. The van der Waals surface area contributed by atoms with Crippen LogP contribution in [-0.4, -0.2) is 30.7 Å². The van der Waals surface area contributed by atoms with E-state index >= 15 is 0 Å². The quantitative estimate of drug-likeness (QED) is 0.615. The Balaban J connectivity index is 1.93. The molecule has 0 amide bonds. The number of ether oxygens (including phenoxy) is 2. The summed E-state index contributed by atoms with van der Waals surface area (Å²) in [5.41, 5.74) is 1.73. The molecule has 6 nitrogen and oxygen atoms in total. The average Bonchev–Trinajstić information content (AvgIpc) is 2.70. The molecular formula is C20H21ClN4O2. The molecule has 3 aromatic rings. The van der Waals surface area contributed by atoms with Gasteiger partial charge in [-0.25, -0.2) is 4.98 Å². The standard InChI is InChI=1S/C20H21ClN4O2/c1-4-25(14-8-6-5-7-9-14)19-10-11-22-20(24-19)23-16-13-17(26-2)15(21)12-18(16)27-3/h5-13H,4H2,1-3H3,(H,22,23,24). The number of para-hydroxylation sites is 1. The fraction of sp³-hybridized carbons (Fsp3) is 0.200. The molecule has 0 aliphatic carbocycles. The highest BCUT2D eigenvalue weighted by Crippen LogP contribution is 2.37. The van der Waals surface area contributed by atoms with Crippen molar-refractivity contribution in [3.05, 3.63) is 59.8 Å². The SMILES string of the molecule is CCN(c1ccccc1)c1ccnc(Nc2cc(OC)c(Cl)cc2OC)n1. The summed E-state index contributed by atoms with van der Waals surface area (Å²) in [6, 6.07) is 15.4. The van der Waals surface area contributed by atoms with E-state index in [9.17, 15) is 0 Å². The maximum absolute atomic E-state index is 6.17. The third kappa shape index (κ3) is 4.23. The molecule has 1 aromatic heterocycles. The zero-order valence-electron chi connectivity index (χ0n) is 15.4. The molecule has 0 aliphatic heterocycles. The van der Waals surface area contributed by atoms with Gasteiger partial charge in [-0.15, -0.1) is 0 Å². The lowest BCUT2D eigenvalue weighted by Gasteiger charge is -2.22. The smallest absolute Gasteiger partial charge is 0.229 e. The maximum Gasteiger partial charge on any atom is 0.229 e. The third-order valence-electron chi connectivity index (χ3n) is 4.02. The van der Waals surface area contributed by atoms with E-state index in [0.717, 1.165) is 18.1 Å².